The van der Waals surface area contributed by atoms with Crippen molar-refractivity contribution in [3.05, 3.63) is 28.3 Å². The first-order chi connectivity index (χ1) is 9.35. The second-order valence-electron chi connectivity index (χ2n) is 4.80. The lowest BCUT2D eigenvalue weighted by Crippen LogP contribution is -2.31. The number of anilines is 1. The summed E-state index contributed by atoms with van der Waals surface area (Å²) in [7, 11) is 1.35. The quantitative estimate of drug-likeness (QED) is 0.611. The van der Waals surface area contributed by atoms with Crippen LogP contribution in [-0.4, -0.2) is 24.0 Å². The number of nitrogens with two attached hydrogens (primary N) is 1. The highest BCUT2D eigenvalue weighted by Gasteiger charge is 2.17. The van der Waals surface area contributed by atoms with Crippen LogP contribution in [0.15, 0.2) is 18.2 Å². The number of hydrogen-bond acceptors (Lipinski definition) is 5. The number of benzene rings is 1. The molecule has 0 saturated heterocycles. The molecule has 7 nitrogen and oxygen atoms in total. The van der Waals surface area contributed by atoms with Gasteiger partial charge in [0.25, 0.3) is 0 Å². The highest BCUT2D eigenvalue weighted by atomic mass is 16.6. The van der Waals surface area contributed by atoms with E-state index in [0.717, 1.165) is 0 Å². The number of carbonyl (C=O) groups is 1. The second kappa shape index (κ2) is 6.85. The number of methoxy groups -OCH3 is 1. The number of nitrogens with zero attached hydrogens (tertiary/aromatic N) is 1. The Balaban J connectivity index is 2.80. The van der Waals surface area contributed by atoms with Crippen LogP contribution >= 0.6 is 0 Å². The predicted octanol–water partition coefficient (Wildman–Crippen LogP) is 1.92. The van der Waals surface area contributed by atoms with E-state index < -0.39 is 4.92 Å². The van der Waals surface area contributed by atoms with Crippen LogP contribution < -0.4 is 15.8 Å². The van der Waals surface area contributed by atoms with Crippen LogP contribution in [0.25, 0.3) is 0 Å². The van der Waals surface area contributed by atoms with Crippen molar-refractivity contribution in [1.82, 2.24) is 0 Å². The SMILES string of the molecule is COc1ccc(NC(=O)CC(N)C(C)C)cc1[N+](=O)[O-]. The molecular formula is C13H19N3O4. The molecule has 0 radical (unpaired) electrons. The number of amides is 1. The summed E-state index contributed by atoms with van der Waals surface area (Å²) in [6, 6.07) is 4.00. The van der Waals surface area contributed by atoms with Crippen LogP contribution in [0.4, 0.5) is 11.4 Å². The minimum Gasteiger partial charge on any atom is -0.490 e. The first-order valence-corrected chi connectivity index (χ1v) is 6.23. The largest absolute Gasteiger partial charge is 0.490 e. The van der Waals surface area contributed by atoms with Gasteiger partial charge in [0.1, 0.15) is 0 Å². The Kier molecular flexibility index (Phi) is 5.45. The number of rotatable bonds is 6. The van der Waals surface area contributed by atoms with Gasteiger partial charge in [-0.2, -0.15) is 0 Å². The zero-order valence-corrected chi connectivity index (χ0v) is 11.8. The minimum absolute atomic E-state index is 0.145. The van der Waals surface area contributed by atoms with Crippen LogP contribution in [0, 0.1) is 16.0 Å². The lowest BCUT2D eigenvalue weighted by Gasteiger charge is -2.15. The Morgan fingerprint density at radius 2 is 2.15 bits per heavy atom. The van der Waals surface area contributed by atoms with E-state index in [1.54, 1.807) is 6.07 Å². The molecule has 0 aromatic heterocycles. The van der Waals surface area contributed by atoms with Crippen molar-refractivity contribution in [2.75, 3.05) is 12.4 Å². The monoisotopic (exact) mass is 281 g/mol. The maximum absolute atomic E-state index is 11.8. The third kappa shape index (κ3) is 4.20. The van der Waals surface area contributed by atoms with E-state index in [0.29, 0.717) is 5.69 Å². The topological polar surface area (TPSA) is 107 Å². The van der Waals surface area contributed by atoms with Gasteiger partial charge in [0.15, 0.2) is 5.75 Å². The maximum atomic E-state index is 11.8. The molecule has 0 aliphatic carbocycles. The molecule has 1 aromatic carbocycles. The molecule has 1 aromatic rings. The van der Waals surface area contributed by atoms with Gasteiger partial charge < -0.3 is 15.8 Å². The summed E-state index contributed by atoms with van der Waals surface area (Å²) < 4.78 is 4.89. The van der Waals surface area contributed by atoms with Crippen molar-refractivity contribution < 1.29 is 14.5 Å². The van der Waals surface area contributed by atoms with Crippen molar-refractivity contribution >= 4 is 17.3 Å². The average molecular weight is 281 g/mol. The fraction of sp³-hybridized carbons (Fsp3) is 0.462. The highest BCUT2D eigenvalue weighted by Crippen LogP contribution is 2.29. The Morgan fingerprint density at radius 3 is 2.65 bits per heavy atom. The molecule has 7 heteroatoms. The first-order valence-electron chi connectivity index (χ1n) is 6.23. The van der Waals surface area contributed by atoms with Crippen LogP contribution in [0.2, 0.25) is 0 Å². The molecule has 0 aliphatic rings. The normalized spacial score (nSPS) is 12.1. The van der Waals surface area contributed by atoms with E-state index >= 15 is 0 Å². The number of hydrogen-bond donors (Lipinski definition) is 2. The van der Waals surface area contributed by atoms with E-state index in [4.69, 9.17) is 10.5 Å². The van der Waals surface area contributed by atoms with E-state index in [2.05, 4.69) is 5.32 Å². The molecule has 1 rings (SSSR count). The standard InChI is InChI=1S/C13H19N3O4/c1-8(2)10(14)7-13(17)15-9-4-5-12(20-3)11(6-9)16(18)19/h4-6,8,10H,7,14H2,1-3H3,(H,15,17). The van der Waals surface area contributed by atoms with Gasteiger partial charge in [0, 0.05) is 24.2 Å². The fourth-order valence-corrected chi connectivity index (χ4v) is 1.57. The maximum Gasteiger partial charge on any atom is 0.312 e. The Labute approximate surface area is 117 Å². The van der Waals surface area contributed by atoms with Gasteiger partial charge in [-0.25, -0.2) is 0 Å². The summed E-state index contributed by atoms with van der Waals surface area (Å²) in [4.78, 5) is 22.1. The van der Waals surface area contributed by atoms with Crippen LogP contribution in [-0.2, 0) is 4.79 Å². The smallest absolute Gasteiger partial charge is 0.312 e. The van der Waals surface area contributed by atoms with Gasteiger partial charge in [-0.05, 0) is 18.1 Å². The molecular weight excluding hydrogens is 262 g/mol. The third-order valence-corrected chi connectivity index (χ3v) is 2.94. The summed E-state index contributed by atoms with van der Waals surface area (Å²) >= 11 is 0. The van der Waals surface area contributed by atoms with Crippen LogP contribution in [0.5, 0.6) is 5.75 Å². The number of nitro benzene ring substituents is 1. The van der Waals surface area contributed by atoms with Gasteiger partial charge in [0.05, 0.1) is 12.0 Å². The number of nitro groups is 1. The highest BCUT2D eigenvalue weighted by molar-refractivity contribution is 5.91. The number of ether oxygens (including phenoxy) is 1. The molecule has 0 spiro atoms. The van der Waals surface area contributed by atoms with Gasteiger partial charge in [-0.3, -0.25) is 14.9 Å². The molecule has 0 aliphatic heterocycles. The summed E-state index contributed by atoms with van der Waals surface area (Å²) in [5.41, 5.74) is 5.96. The molecule has 20 heavy (non-hydrogen) atoms. The van der Waals surface area contributed by atoms with Gasteiger partial charge >= 0.3 is 5.69 Å². The van der Waals surface area contributed by atoms with Crippen molar-refractivity contribution in [1.29, 1.82) is 0 Å². The zero-order chi connectivity index (χ0) is 15.3. The van der Waals surface area contributed by atoms with Crippen LogP contribution in [0.1, 0.15) is 20.3 Å². The Hall–Kier alpha value is -2.15. The summed E-state index contributed by atoms with van der Waals surface area (Å²) in [6.45, 7) is 3.85. The fourth-order valence-electron chi connectivity index (χ4n) is 1.57. The van der Waals surface area contributed by atoms with E-state index in [-0.39, 0.29) is 35.7 Å². The molecule has 0 bridgehead atoms. The third-order valence-electron chi connectivity index (χ3n) is 2.94. The van der Waals surface area contributed by atoms with Gasteiger partial charge in [-0.15, -0.1) is 0 Å². The molecule has 1 unspecified atom stereocenters. The van der Waals surface area contributed by atoms with Crippen LogP contribution in [0.3, 0.4) is 0 Å². The predicted molar refractivity (Wildman–Crippen MR) is 75.7 cm³/mol. The summed E-state index contributed by atoms with van der Waals surface area (Å²) in [5.74, 6) is 0.0588. The second-order valence-corrected chi connectivity index (χ2v) is 4.80. The Morgan fingerprint density at radius 1 is 1.50 bits per heavy atom. The van der Waals surface area contributed by atoms with Crippen molar-refractivity contribution in [3.63, 3.8) is 0 Å². The van der Waals surface area contributed by atoms with E-state index in [1.807, 2.05) is 13.8 Å². The molecule has 1 atom stereocenters. The molecule has 0 fully saturated rings. The lowest BCUT2D eigenvalue weighted by molar-refractivity contribution is -0.385. The number of carbonyl (C=O) groups excluding carboxylic acids is 1. The minimum atomic E-state index is -0.561. The first kappa shape index (κ1) is 15.9. The van der Waals surface area contributed by atoms with Crippen molar-refractivity contribution in [3.8, 4) is 5.75 Å². The van der Waals surface area contributed by atoms with Gasteiger partial charge in [-0.1, -0.05) is 13.8 Å². The molecule has 0 saturated carbocycles. The lowest BCUT2D eigenvalue weighted by atomic mass is 10.0. The molecule has 3 N–H and O–H groups in total. The molecule has 1 amide bonds. The number of nitrogens with one attached hydrogen (secondary N) is 1. The average Bonchev–Trinajstić information content (AvgIpc) is 2.38. The zero-order valence-electron chi connectivity index (χ0n) is 11.8. The van der Waals surface area contributed by atoms with Crippen molar-refractivity contribution in [2.45, 2.75) is 26.3 Å². The van der Waals surface area contributed by atoms with Gasteiger partial charge in [0.2, 0.25) is 5.91 Å². The Bertz CT molecular complexity index is 502. The molecule has 0 heterocycles. The van der Waals surface area contributed by atoms with E-state index in [1.165, 1.54) is 19.2 Å². The van der Waals surface area contributed by atoms with Crippen molar-refractivity contribution in [2.24, 2.45) is 11.7 Å². The summed E-state index contributed by atoms with van der Waals surface area (Å²) in [6.07, 6.45) is 0.164. The molecule has 110 valence electrons. The summed E-state index contributed by atoms with van der Waals surface area (Å²) in [5, 5.41) is 13.5. The van der Waals surface area contributed by atoms with E-state index in [9.17, 15) is 14.9 Å².